The van der Waals surface area contributed by atoms with E-state index < -0.39 is 6.10 Å². The molecule has 5 heteroatoms. The average Bonchev–Trinajstić information content (AvgIpc) is 2.64. The van der Waals surface area contributed by atoms with Crippen LogP contribution in [0.3, 0.4) is 0 Å². The summed E-state index contributed by atoms with van der Waals surface area (Å²) in [7, 11) is 0. The van der Waals surface area contributed by atoms with Crippen molar-refractivity contribution in [3.63, 3.8) is 0 Å². The first kappa shape index (κ1) is 14.4. The summed E-state index contributed by atoms with van der Waals surface area (Å²) >= 11 is 17.2. The van der Waals surface area contributed by atoms with Gasteiger partial charge in [0.15, 0.2) is 0 Å². The van der Waals surface area contributed by atoms with E-state index in [9.17, 15) is 5.11 Å². The SMILES string of the molecule is Cc1sc(C(O)Cc2c(Cl)cccc2Cl)cc1Br. The van der Waals surface area contributed by atoms with Crippen LogP contribution in [0.15, 0.2) is 28.7 Å². The first-order valence-electron chi connectivity index (χ1n) is 5.36. The third-order valence-corrected chi connectivity index (χ3v) is 5.61. The normalized spacial score (nSPS) is 12.7. The van der Waals surface area contributed by atoms with E-state index in [2.05, 4.69) is 15.9 Å². The molecule has 96 valence electrons. The molecular weight excluding hydrogens is 355 g/mol. The molecule has 0 bridgehead atoms. The van der Waals surface area contributed by atoms with Crippen LogP contribution in [0, 0.1) is 6.92 Å². The van der Waals surface area contributed by atoms with Crippen LogP contribution in [-0.4, -0.2) is 5.11 Å². The molecule has 0 saturated heterocycles. The summed E-state index contributed by atoms with van der Waals surface area (Å²) in [6.45, 7) is 2.01. The Bertz CT molecular complexity index is 528. The molecule has 1 nitrogen and oxygen atoms in total. The van der Waals surface area contributed by atoms with Gasteiger partial charge in [0.2, 0.25) is 0 Å². The van der Waals surface area contributed by atoms with Crippen LogP contribution in [0.5, 0.6) is 0 Å². The number of aliphatic hydroxyl groups is 1. The van der Waals surface area contributed by atoms with Crippen LogP contribution in [0.1, 0.15) is 21.4 Å². The van der Waals surface area contributed by atoms with E-state index in [-0.39, 0.29) is 0 Å². The summed E-state index contributed by atoms with van der Waals surface area (Å²) in [5.74, 6) is 0. The van der Waals surface area contributed by atoms with Gasteiger partial charge in [-0.2, -0.15) is 0 Å². The molecule has 1 heterocycles. The van der Waals surface area contributed by atoms with E-state index in [4.69, 9.17) is 23.2 Å². The summed E-state index contributed by atoms with van der Waals surface area (Å²) in [6.07, 6.45) is -0.164. The quantitative estimate of drug-likeness (QED) is 0.771. The van der Waals surface area contributed by atoms with Crippen LogP contribution < -0.4 is 0 Å². The van der Waals surface area contributed by atoms with Crippen LogP contribution >= 0.6 is 50.5 Å². The molecule has 1 atom stereocenters. The second kappa shape index (κ2) is 5.93. The van der Waals surface area contributed by atoms with Gasteiger partial charge in [-0.1, -0.05) is 29.3 Å². The summed E-state index contributed by atoms with van der Waals surface area (Å²) in [5.41, 5.74) is 0.788. The Balaban J connectivity index is 2.23. The van der Waals surface area contributed by atoms with Crippen molar-refractivity contribution in [3.05, 3.63) is 54.1 Å². The lowest BCUT2D eigenvalue weighted by Crippen LogP contribution is -2.00. The van der Waals surface area contributed by atoms with E-state index >= 15 is 0 Å². The van der Waals surface area contributed by atoms with Crippen LogP contribution in [-0.2, 0) is 6.42 Å². The highest BCUT2D eigenvalue weighted by Gasteiger charge is 2.16. The number of rotatable bonds is 3. The Morgan fingerprint density at radius 2 is 1.94 bits per heavy atom. The molecule has 1 aromatic carbocycles. The maximum atomic E-state index is 10.2. The van der Waals surface area contributed by atoms with Crippen LogP contribution in [0.25, 0.3) is 0 Å². The van der Waals surface area contributed by atoms with Crippen molar-refractivity contribution in [1.29, 1.82) is 0 Å². The minimum atomic E-state index is -0.586. The topological polar surface area (TPSA) is 20.2 Å². The number of aryl methyl sites for hydroxylation is 1. The number of thiophene rings is 1. The minimum Gasteiger partial charge on any atom is -0.387 e. The number of benzene rings is 1. The molecule has 0 aliphatic rings. The van der Waals surface area contributed by atoms with Gasteiger partial charge in [0.1, 0.15) is 0 Å². The van der Waals surface area contributed by atoms with E-state index in [0.717, 1.165) is 19.8 Å². The second-order valence-corrected chi connectivity index (χ2v) is 6.93. The van der Waals surface area contributed by atoms with Gasteiger partial charge >= 0.3 is 0 Å². The van der Waals surface area contributed by atoms with Crippen LogP contribution in [0.2, 0.25) is 10.0 Å². The fourth-order valence-electron chi connectivity index (χ4n) is 1.67. The molecule has 0 fully saturated rings. The fraction of sp³-hybridized carbons (Fsp3) is 0.231. The van der Waals surface area contributed by atoms with Gasteiger partial charge in [0.05, 0.1) is 6.10 Å². The number of halogens is 3. The highest BCUT2D eigenvalue weighted by Crippen LogP contribution is 2.34. The van der Waals surface area contributed by atoms with Gasteiger partial charge in [-0.25, -0.2) is 0 Å². The van der Waals surface area contributed by atoms with Gasteiger partial charge in [0.25, 0.3) is 0 Å². The van der Waals surface area contributed by atoms with E-state index in [1.807, 2.05) is 13.0 Å². The third-order valence-electron chi connectivity index (χ3n) is 2.66. The molecule has 0 amide bonds. The molecular formula is C13H11BrCl2OS. The lowest BCUT2D eigenvalue weighted by atomic mass is 10.1. The Hall–Kier alpha value is -0.0600. The van der Waals surface area contributed by atoms with Crippen molar-refractivity contribution in [3.8, 4) is 0 Å². The Kier molecular flexibility index (Phi) is 4.73. The molecule has 1 aromatic heterocycles. The predicted molar refractivity (Wildman–Crippen MR) is 81.9 cm³/mol. The maximum absolute atomic E-state index is 10.2. The van der Waals surface area contributed by atoms with Crippen molar-refractivity contribution in [2.75, 3.05) is 0 Å². The molecule has 0 radical (unpaired) electrons. The van der Waals surface area contributed by atoms with Crippen LogP contribution in [0.4, 0.5) is 0 Å². The highest BCUT2D eigenvalue weighted by atomic mass is 79.9. The Morgan fingerprint density at radius 3 is 2.44 bits per heavy atom. The van der Waals surface area contributed by atoms with E-state index in [0.29, 0.717) is 16.5 Å². The van der Waals surface area contributed by atoms with Gasteiger partial charge in [0, 0.05) is 30.7 Å². The highest BCUT2D eigenvalue weighted by molar-refractivity contribution is 9.10. The lowest BCUT2D eigenvalue weighted by Gasteiger charge is -2.11. The Morgan fingerprint density at radius 1 is 1.33 bits per heavy atom. The van der Waals surface area contributed by atoms with Gasteiger partial charge in [-0.3, -0.25) is 0 Å². The van der Waals surface area contributed by atoms with E-state index in [1.54, 1.807) is 29.5 Å². The zero-order chi connectivity index (χ0) is 13.3. The van der Waals surface area contributed by atoms with Crippen molar-refractivity contribution >= 4 is 50.5 Å². The van der Waals surface area contributed by atoms with Crippen molar-refractivity contribution in [1.82, 2.24) is 0 Å². The molecule has 1 N–H and O–H groups in total. The molecule has 18 heavy (non-hydrogen) atoms. The smallest absolute Gasteiger partial charge is 0.0923 e. The predicted octanol–water partition coefficient (Wildman–Crippen LogP) is 5.40. The standard InChI is InChI=1S/C13H11BrCl2OS/c1-7-9(14)6-13(18-7)12(17)5-8-10(15)3-2-4-11(8)16/h2-4,6,12,17H,5H2,1H3. The number of hydrogen-bond donors (Lipinski definition) is 1. The van der Waals surface area contributed by atoms with Gasteiger partial charge in [-0.15, -0.1) is 11.3 Å². The zero-order valence-electron chi connectivity index (χ0n) is 9.58. The van der Waals surface area contributed by atoms with Crippen molar-refractivity contribution in [2.24, 2.45) is 0 Å². The molecule has 0 saturated carbocycles. The summed E-state index contributed by atoms with van der Waals surface area (Å²) < 4.78 is 1.02. The number of aliphatic hydroxyl groups excluding tert-OH is 1. The van der Waals surface area contributed by atoms with Crippen molar-refractivity contribution < 1.29 is 5.11 Å². The van der Waals surface area contributed by atoms with Gasteiger partial charge in [-0.05, 0) is 46.6 Å². The number of hydrogen-bond acceptors (Lipinski definition) is 2. The van der Waals surface area contributed by atoms with Gasteiger partial charge < -0.3 is 5.11 Å². The van der Waals surface area contributed by atoms with Crippen molar-refractivity contribution in [2.45, 2.75) is 19.4 Å². The lowest BCUT2D eigenvalue weighted by molar-refractivity contribution is 0.182. The molecule has 1 unspecified atom stereocenters. The summed E-state index contributed by atoms with van der Waals surface area (Å²) in [4.78, 5) is 2.06. The first-order chi connectivity index (χ1) is 8.49. The largest absolute Gasteiger partial charge is 0.387 e. The molecule has 2 aromatic rings. The molecule has 2 rings (SSSR count). The molecule has 0 aliphatic carbocycles. The zero-order valence-corrected chi connectivity index (χ0v) is 13.5. The summed E-state index contributed by atoms with van der Waals surface area (Å²) in [6, 6.07) is 7.30. The first-order valence-corrected chi connectivity index (χ1v) is 7.72. The minimum absolute atomic E-state index is 0.422. The molecule has 0 aliphatic heterocycles. The fourth-order valence-corrected chi connectivity index (χ4v) is 3.77. The Labute approximate surface area is 128 Å². The third kappa shape index (κ3) is 3.09. The summed E-state index contributed by atoms with van der Waals surface area (Å²) in [5, 5.41) is 11.4. The van der Waals surface area contributed by atoms with E-state index in [1.165, 1.54) is 0 Å². The monoisotopic (exact) mass is 364 g/mol. The second-order valence-electron chi connectivity index (χ2n) is 3.97. The molecule has 0 spiro atoms. The average molecular weight is 366 g/mol. The maximum Gasteiger partial charge on any atom is 0.0923 e.